The summed E-state index contributed by atoms with van der Waals surface area (Å²) in [7, 11) is 0. The van der Waals surface area contributed by atoms with Crippen LogP contribution >= 0.6 is 0 Å². The molecule has 0 unspecified atom stereocenters. The molecule has 0 bridgehead atoms. The van der Waals surface area contributed by atoms with Gasteiger partial charge in [-0.25, -0.2) is 29.9 Å². The minimum Gasteiger partial charge on any atom is -0.256 e. The molecular formula is C96H58N10. The van der Waals surface area contributed by atoms with E-state index in [1.807, 2.05) is 103 Å². The maximum Gasteiger partial charge on any atom is 0.0978 e. The lowest BCUT2D eigenvalue weighted by molar-refractivity contribution is 1.21. The van der Waals surface area contributed by atoms with Crippen LogP contribution in [-0.4, -0.2) is 49.8 Å². The fraction of sp³-hybridized carbons (Fsp3) is 0. The van der Waals surface area contributed by atoms with Gasteiger partial charge in [-0.1, -0.05) is 218 Å². The number of benzene rings is 11. The number of hydrogen-bond acceptors (Lipinski definition) is 10. The van der Waals surface area contributed by atoms with Crippen molar-refractivity contribution in [3.05, 3.63) is 352 Å². The van der Waals surface area contributed by atoms with Gasteiger partial charge in [-0.15, -0.1) is 0 Å². The molecule has 0 amide bonds. The number of nitrogens with zero attached hydrogens (tertiary/aromatic N) is 10. The van der Waals surface area contributed by atoms with E-state index in [1.54, 1.807) is 12.4 Å². The Morgan fingerprint density at radius 1 is 0.160 bits per heavy atom. The molecule has 0 saturated carbocycles. The minimum absolute atomic E-state index is 0.762. The molecule has 10 heterocycles. The van der Waals surface area contributed by atoms with Crippen LogP contribution in [0.2, 0.25) is 0 Å². The van der Waals surface area contributed by atoms with Gasteiger partial charge in [0.1, 0.15) is 0 Å². The van der Waals surface area contributed by atoms with Crippen LogP contribution in [0.25, 0.3) is 210 Å². The van der Waals surface area contributed by atoms with Gasteiger partial charge in [-0.05, 0) is 164 Å². The summed E-state index contributed by atoms with van der Waals surface area (Å²) in [6.45, 7) is 0. The molecule has 21 rings (SSSR count). The molecule has 0 saturated heterocycles. The molecule has 10 aromatic heterocycles. The summed E-state index contributed by atoms with van der Waals surface area (Å²) in [6, 6.07) is 114. The Labute approximate surface area is 608 Å². The quantitative estimate of drug-likeness (QED) is 0.102. The Bertz CT molecular complexity index is 6970. The van der Waals surface area contributed by atoms with Gasteiger partial charge >= 0.3 is 0 Å². The maximum atomic E-state index is 5.38. The van der Waals surface area contributed by atoms with Crippen molar-refractivity contribution in [1.29, 1.82) is 0 Å². The van der Waals surface area contributed by atoms with E-state index in [0.29, 0.717) is 0 Å². The SMILES string of the molecule is c1ccc(-c2c3ccccc3nc3c2ccc2ccc(-c4ccc(-c5cc(-c6ccccn6)nc(-c6ccccn6)c5)nc4)nc23)cc1.c1ccc(-c2c3ccccc3nc3c2ccc2ccc(-c4ccc5c6ccc(-c7ccc8ccc(-c9ccccn9)nc8c7)cc6c6ccccc6c5c4)nc23)cc1. The predicted octanol–water partition coefficient (Wildman–Crippen LogP) is 23.9. The molecule has 0 radical (unpaired) electrons. The number of hydrogen-bond donors (Lipinski definition) is 0. The second kappa shape index (κ2) is 25.8. The summed E-state index contributed by atoms with van der Waals surface area (Å²) in [5.74, 6) is 0. The molecule has 0 fully saturated rings. The van der Waals surface area contributed by atoms with Crippen LogP contribution in [0.15, 0.2) is 352 Å². The summed E-state index contributed by atoms with van der Waals surface area (Å²) in [6.07, 6.45) is 7.24. The molecule has 0 spiro atoms. The van der Waals surface area contributed by atoms with Crippen LogP contribution in [0.4, 0.5) is 0 Å². The lowest BCUT2D eigenvalue weighted by Crippen LogP contribution is -1.95. The van der Waals surface area contributed by atoms with Crippen molar-refractivity contribution in [2.45, 2.75) is 0 Å². The molecule has 10 nitrogen and oxygen atoms in total. The number of rotatable bonds is 9. The molecule has 0 aliphatic rings. The summed E-state index contributed by atoms with van der Waals surface area (Å²) in [5, 5.41) is 15.0. The van der Waals surface area contributed by atoms with Gasteiger partial charge in [0.15, 0.2) is 0 Å². The van der Waals surface area contributed by atoms with E-state index < -0.39 is 0 Å². The molecule has 0 aliphatic heterocycles. The highest BCUT2D eigenvalue weighted by molar-refractivity contribution is 6.26. The van der Waals surface area contributed by atoms with Crippen molar-refractivity contribution >= 4 is 109 Å². The third-order valence-corrected chi connectivity index (χ3v) is 20.3. The molecule has 106 heavy (non-hydrogen) atoms. The summed E-state index contributed by atoms with van der Waals surface area (Å²) in [4.78, 5) is 49.4. The smallest absolute Gasteiger partial charge is 0.0978 e. The first-order valence-corrected chi connectivity index (χ1v) is 35.4. The molecule has 11 aromatic carbocycles. The van der Waals surface area contributed by atoms with Crippen molar-refractivity contribution in [2.24, 2.45) is 0 Å². The zero-order valence-corrected chi connectivity index (χ0v) is 57.0. The van der Waals surface area contributed by atoms with E-state index in [2.05, 4.69) is 252 Å². The van der Waals surface area contributed by atoms with E-state index in [9.17, 15) is 0 Å². The van der Waals surface area contributed by atoms with Crippen LogP contribution in [0, 0.1) is 0 Å². The lowest BCUT2D eigenvalue weighted by Gasteiger charge is -2.14. The fourth-order valence-corrected chi connectivity index (χ4v) is 15.2. The van der Waals surface area contributed by atoms with Crippen molar-refractivity contribution < 1.29 is 0 Å². The Balaban J connectivity index is 0.000000143. The first-order valence-electron chi connectivity index (χ1n) is 35.4. The van der Waals surface area contributed by atoms with Crippen LogP contribution in [0.1, 0.15) is 0 Å². The molecule has 21 aromatic rings. The third-order valence-electron chi connectivity index (χ3n) is 20.3. The molecule has 10 heteroatoms. The zero-order chi connectivity index (χ0) is 70.0. The zero-order valence-electron chi connectivity index (χ0n) is 57.0. The maximum absolute atomic E-state index is 5.38. The molecule has 492 valence electrons. The summed E-state index contributed by atoms with van der Waals surface area (Å²) >= 11 is 0. The van der Waals surface area contributed by atoms with Crippen molar-refractivity contribution in [2.75, 3.05) is 0 Å². The van der Waals surface area contributed by atoms with Gasteiger partial charge in [0.25, 0.3) is 0 Å². The Morgan fingerprint density at radius 3 is 1.10 bits per heavy atom. The van der Waals surface area contributed by atoms with Gasteiger partial charge in [-0.2, -0.15) is 0 Å². The van der Waals surface area contributed by atoms with Crippen LogP contribution in [0.3, 0.4) is 0 Å². The first kappa shape index (κ1) is 61.4. The first-order chi connectivity index (χ1) is 52.5. The van der Waals surface area contributed by atoms with Crippen molar-refractivity contribution in [3.8, 4) is 101 Å². The molecule has 0 aliphatic carbocycles. The van der Waals surface area contributed by atoms with Crippen LogP contribution in [0.5, 0.6) is 0 Å². The topological polar surface area (TPSA) is 129 Å². The van der Waals surface area contributed by atoms with Gasteiger partial charge in [0, 0.05) is 90.3 Å². The largest absolute Gasteiger partial charge is 0.256 e. The van der Waals surface area contributed by atoms with E-state index in [0.717, 1.165) is 161 Å². The summed E-state index contributed by atoms with van der Waals surface area (Å²) in [5.41, 5.74) is 23.8. The van der Waals surface area contributed by atoms with Crippen molar-refractivity contribution in [1.82, 2.24) is 49.8 Å². The second-order valence-electron chi connectivity index (χ2n) is 26.6. The molecule has 0 N–H and O–H groups in total. The average Bonchev–Trinajstić information content (AvgIpc) is 0.741. The monoisotopic (exact) mass is 1350 g/mol. The van der Waals surface area contributed by atoms with Gasteiger partial charge in [0.2, 0.25) is 0 Å². The highest BCUT2D eigenvalue weighted by atomic mass is 14.8. The second-order valence-corrected chi connectivity index (χ2v) is 26.6. The third kappa shape index (κ3) is 11.0. The van der Waals surface area contributed by atoms with E-state index >= 15 is 0 Å². The number of para-hydroxylation sites is 2. The fourth-order valence-electron chi connectivity index (χ4n) is 15.2. The molecule has 0 atom stereocenters. The van der Waals surface area contributed by atoms with Crippen LogP contribution in [-0.2, 0) is 0 Å². The Hall–Kier alpha value is -14.5. The average molecular weight is 1350 g/mol. The summed E-state index contributed by atoms with van der Waals surface area (Å²) < 4.78 is 0. The Kier molecular flexibility index (Phi) is 15.0. The highest BCUT2D eigenvalue weighted by Gasteiger charge is 2.20. The van der Waals surface area contributed by atoms with Crippen LogP contribution < -0.4 is 0 Å². The van der Waals surface area contributed by atoms with Gasteiger partial charge in [-0.3, -0.25) is 19.9 Å². The van der Waals surface area contributed by atoms with E-state index in [4.69, 9.17) is 34.9 Å². The van der Waals surface area contributed by atoms with Crippen molar-refractivity contribution in [3.63, 3.8) is 0 Å². The number of aromatic nitrogens is 10. The lowest BCUT2D eigenvalue weighted by atomic mass is 9.90. The number of fused-ring (bicyclic) bond motifs is 15. The standard InChI is InChI=1S/C54H32N4.C42H26N6/c1-2-10-34(11-3-1)52-43-14-6-7-15-48(43)58-54-44(52)26-19-35-23-27-47(57-53(35)54)38-21-25-42-41-24-20-36(30-45(41)39-12-4-5-13-40(39)46(42)31-38)37-18-17-33-22-28-50(56-51(33)32-37)49-16-8-9-29-55-49;1-2-10-27(11-3-1)40-31-12-4-5-13-35(31)48-42-32(40)19-16-28-17-21-34(47-41(28)42)29-18-20-33(45-26-29)30-24-38(36-14-6-8-22-43-36)46-39(25-30)37-15-7-9-23-44-37/h1-32H;1-26H. The van der Waals surface area contributed by atoms with E-state index in [1.165, 1.54) is 49.0 Å². The van der Waals surface area contributed by atoms with E-state index in [-0.39, 0.29) is 0 Å². The minimum atomic E-state index is 0.762. The molecular weight excluding hydrogens is 1290 g/mol. The number of pyridine rings is 10. The van der Waals surface area contributed by atoms with Gasteiger partial charge in [0.05, 0.1) is 89.9 Å². The Morgan fingerprint density at radius 2 is 0.566 bits per heavy atom. The normalized spacial score (nSPS) is 11.6. The predicted molar refractivity (Wildman–Crippen MR) is 435 cm³/mol. The van der Waals surface area contributed by atoms with Gasteiger partial charge < -0.3 is 0 Å². The highest BCUT2D eigenvalue weighted by Crippen LogP contribution is 2.43.